The van der Waals surface area contributed by atoms with Gasteiger partial charge in [-0.2, -0.15) is 0 Å². The highest BCUT2D eigenvalue weighted by molar-refractivity contribution is 6.30. The zero-order valence-corrected chi connectivity index (χ0v) is 16.5. The summed E-state index contributed by atoms with van der Waals surface area (Å²) in [4.78, 5) is 32.2. The summed E-state index contributed by atoms with van der Waals surface area (Å²) in [6, 6.07) is 15.0. The van der Waals surface area contributed by atoms with Crippen molar-refractivity contribution in [2.24, 2.45) is 0 Å². The molecule has 0 aliphatic carbocycles. The molecule has 1 aliphatic rings. The number of aryl methyl sites for hydroxylation is 1. The van der Waals surface area contributed by atoms with Crippen molar-refractivity contribution in [3.05, 3.63) is 80.6 Å². The summed E-state index contributed by atoms with van der Waals surface area (Å²) >= 11 is 5.90. The van der Waals surface area contributed by atoms with E-state index in [2.05, 4.69) is 9.88 Å². The maximum absolute atomic E-state index is 12.6. The second kappa shape index (κ2) is 7.78. The minimum absolute atomic E-state index is 0.0235. The Morgan fingerprint density at radius 2 is 1.79 bits per heavy atom. The molecular weight excluding hydrogens is 374 g/mol. The number of carbonyl (C=O) groups excluding carboxylic acids is 1. The molecule has 4 rings (SSSR count). The summed E-state index contributed by atoms with van der Waals surface area (Å²) in [6.45, 7) is 5.35. The summed E-state index contributed by atoms with van der Waals surface area (Å²) in [5, 5.41) is 1.67. The van der Waals surface area contributed by atoms with Gasteiger partial charge >= 0.3 is 0 Å². The Hall–Kier alpha value is -2.63. The van der Waals surface area contributed by atoms with Gasteiger partial charge in [-0.3, -0.25) is 14.5 Å². The minimum Gasteiger partial charge on any atom is -0.336 e. The van der Waals surface area contributed by atoms with Gasteiger partial charge in [0, 0.05) is 48.9 Å². The minimum atomic E-state index is -0.0403. The van der Waals surface area contributed by atoms with E-state index in [1.807, 2.05) is 36.1 Å². The zero-order valence-electron chi connectivity index (χ0n) is 15.7. The van der Waals surface area contributed by atoms with E-state index in [-0.39, 0.29) is 11.5 Å². The number of amides is 1. The Kier molecular flexibility index (Phi) is 5.20. The van der Waals surface area contributed by atoms with Crippen molar-refractivity contribution in [3.8, 4) is 0 Å². The number of nitrogens with one attached hydrogen (secondary N) is 1. The van der Waals surface area contributed by atoms with E-state index in [1.165, 1.54) is 0 Å². The fraction of sp³-hybridized carbons (Fsp3) is 0.273. The smallest absolute Gasteiger partial charge is 0.253 e. The number of H-pyrrole nitrogens is 1. The van der Waals surface area contributed by atoms with Gasteiger partial charge in [-0.1, -0.05) is 29.8 Å². The Morgan fingerprint density at radius 1 is 1.07 bits per heavy atom. The molecule has 0 bridgehead atoms. The molecule has 6 heteroatoms. The van der Waals surface area contributed by atoms with Crippen LogP contribution >= 0.6 is 11.6 Å². The summed E-state index contributed by atoms with van der Waals surface area (Å²) in [6.07, 6.45) is 0. The van der Waals surface area contributed by atoms with E-state index in [9.17, 15) is 9.59 Å². The van der Waals surface area contributed by atoms with Gasteiger partial charge in [-0.25, -0.2) is 0 Å². The molecule has 28 heavy (non-hydrogen) atoms. The van der Waals surface area contributed by atoms with Crippen LogP contribution in [0.3, 0.4) is 0 Å². The highest BCUT2D eigenvalue weighted by Gasteiger charge is 2.22. The topological polar surface area (TPSA) is 56.4 Å². The van der Waals surface area contributed by atoms with E-state index < -0.39 is 0 Å². The lowest BCUT2D eigenvalue weighted by molar-refractivity contribution is 0.0628. The molecule has 5 nitrogen and oxygen atoms in total. The second-order valence-corrected chi connectivity index (χ2v) is 7.67. The molecule has 0 unspecified atom stereocenters. The third-order valence-electron chi connectivity index (χ3n) is 5.31. The number of carbonyl (C=O) groups is 1. The third kappa shape index (κ3) is 3.81. The molecule has 2 heterocycles. The van der Waals surface area contributed by atoms with Crippen molar-refractivity contribution >= 4 is 28.4 Å². The highest BCUT2D eigenvalue weighted by Crippen LogP contribution is 2.17. The average molecular weight is 396 g/mol. The van der Waals surface area contributed by atoms with Gasteiger partial charge in [0.2, 0.25) is 0 Å². The van der Waals surface area contributed by atoms with Crippen LogP contribution in [-0.4, -0.2) is 46.9 Å². The van der Waals surface area contributed by atoms with Crippen LogP contribution in [-0.2, 0) is 6.54 Å². The van der Waals surface area contributed by atoms with Crippen LogP contribution < -0.4 is 5.56 Å². The number of pyridine rings is 1. The van der Waals surface area contributed by atoms with Crippen molar-refractivity contribution in [2.75, 3.05) is 26.2 Å². The zero-order chi connectivity index (χ0) is 19.7. The summed E-state index contributed by atoms with van der Waals surface area (Å²) in [7, 11) is 0. The van der Waals surface area contributed by atoms with Gasteiger partial charge in [0.25, 0.3) is 11.5 Å². The summed E-state index contributed by atoms with van der Waals surface area (Å²) in [5.41, 5.74) is 3.33. The lowest BCUT2D eigenvalue weighted by atomic mass is 10.1. The van der Waals surface area contributed by atoms with Gasteiger partial charge < -0.3 is 9.88 Å². The molecule has 3 aromatic rings. The van der Waals surface area contributed by atoms with Crippen LogP contribution in [0.1, 0.15) is 21.5 Å². The molecule has 0 radical (unpaired) electrons. The number of hydrogen-bond acceptors (Lipinski definition) is 3. The van der Waals surface area contributed by atoms with Crippen LogP contribution in [0, 0.1) is 6.92 Å². The Bertz CT molecular complexity index is 1070. The van der Waals surface area contributed by atoms with Crippen molar-refractivity contribution in [1.29, 1.82) is 0 Å². The van der Waals surface area contributed by atoms with E-state index in [0.29, 0.717) is 30.2 Å². The number of aromatic nitrogens is 1. The predicted molar refractivity (Wildman–Crippen MR) is 112 cm³/mol. The Labute approximate surface area is 168 Å². The molecule has 1 saturated heterocycles. The molecular formula is C22H22ClN3O2. The van der Waals surface area contributed by atoms with Crippen molar-refractivity contribution < 1.29 is 4.79 Å². The largest absolute Gasteiger partial charge is 0.336 e. The number of benzene rings is 2. The maximum Gasteiger partial charge on any atom is 0.253 e. The number of rotatable bonds is 3. The van der Waals surface area contributed by atoms with Gasteiger partial charge in [0.1, 0.15) is 0 Å². The SMILES string of the molecule is Cc1cccc2cc(CN3CCN(C(=O)c4ccc(Cl)cc4)CC3)c(=O)[nH]c12. The maximum atomic E-state index is 12.6. The molecule has 1 aliphatic heterocycles. The normalized spacial score (nSPS) is 15.1. The average Bonchev–Trinajstić information content (AvgIpc) is 2.70. The number of para-hydroxylation sites is 1. The van der Waals surface area contributed by atoms with E-state index in [0.717, 1.165) is 35.1 Å². The van der Waals surface area contributed by atoms with Crippen molar-refractivity contribution in [3.63, 3.8) is 0 Å². The third-order valence-corrected chi connectivity index (χ3v) is 5.56. The first-order valence-electron chi connectivity index (χ1n) is 9.40. The van der Waals surface area contributed by atoms with Crippen LogP contribution in [0.25, 0.3) is 10.9 Å². The molecule has 2 aromatic carbocycles. The first-order valence-corrected chi connectivity index (χ1v) is 9.78. The second-order valence-electron chi connectivity index (χ2n) is 7.24. The summed E-state index contributed by atoms with van der Waals surface area (Å²) in [5.74, 6) is 0.0235. The van der Waals surface area contributed by atoms with E-state index >= 15 is 0 Å². The predicted octanol–water partition coefficient (Wildman–Crippen LogP) is 3.45. The van der Waals surface area contributed by atoms with Crippen molar-refractivity contribution in [1.82, 2.24) is 14.8 Å². The highest BCUT2D eigenvalue weighted by atomic mass is 35.5. The van der Waals surface area contributed by atoms with E-state index in [4.69, 9.17) is 11.6 Å². The molecule has 0 saturated carbocycles. The van der Waals surface area contributed by atoms with Gasteiger partial charge in [0.05, 0.1) is 5.52 Å². The molecule has 0 atom stereocenters. The van der Waals surface area contributed by atoms with Crippen LogP contribution in [0.2, 0.25) is 5.02 Å². The van der Waals surface area contributed by atoms with Crippen LogP contribution in [0.15, 0.2) is 53.3 Å². The molecule has 1 amide bonds. The molecule has 144 valence electrons. The standard InChI is InChI=1S/C22H22ClN3O2/c1-15-3-2-4-17-13-18(21(27)24-20(15)17)14-25-9-11-26(12-10-25)22(28)16-5-7-19(23)8-6-16/h2-8,13H,9-12,14H2,1H3,(H,24,27). The first kappa shape index (κ1) is 18.7. The molecule has 1 N–H and O–H groups in total. The lowest BCUT2D eigenvalue weighted by Crippen LogP contribution is -2.48. The number of fused-ring (bicyclic) bond motifs is 1. The van der Waals surface area contributed by atoms with Crippen LogP contribution in [0.5, 0.6) is 0 Å². The molecule has 0 spiro atoms. The monoisotopic (exact) mass is 395 g/mol. The fourth-order valence-electron chi connectivity index (χ4n) is 3.67. The number of nitrogens with zero attached hydrogens (tertiary/aromatic N) is 2. The summed E-state index contributed by atoms with van der Waals surface area (Å²) < 4.78 is 0. The van der Waals surface area contributed by atoms with Gasteiger partial charge in [-0.15, -0.1) is 0 Å². The first-order chi connectivity index (χ1) is 13.5. The van der Waals surface area contributed by atoms with Gasteiger partial charge in [-0.05, 0) is 48.2 Å². The van der Waals surface area contributed by atoms with Gasteiger partial charge in [0.15, 0.2) is 0 Å². The lowest BCUT2D eigenvalue weighted by Gasteiger charge is -2.34. The van der Waals surface area contributed by atoms with Crippen molar-refractivity contribution in [2.45, 2.75) is 13.5 Å². The number of piperazine rings is 1. The molecule has 1 aromatic heterocycles. The Morgan fingerprint density at radius 3 is 2.50 bits per heavy atom. The fourth-order valence-corrected chi connectivity index (χ4v) is 3.80. The number of aromatic amines is 1. The number of hydrogen-bond donors (Lipinski definition) is 1. The Balaban J connectivity index is 1.42. The quantitative estimate of drug-likeness (QED) is 0.739. The van der Waals surface area contributed by atoms with E-state index in [1.54, 1.807) is 24.3 Å². The molecule has 1 fully saturated rings. The number of halogens is 1. The van der Waals surface area contributed by atoms with Crippen LogP contribution in [0.4, 0.5) is 0 Å².